The lowest BCUT2D eigenvalue weighted by molar-refractivity contribution is 0.132. The van der Waals surface area contributed by atoms with E-state index in [-0.39, 0.29) is 0 Å². The summed E-state index contributed by atoms with van der Waals surface area (Å²) in [5.74, 6) is 1.82. The van der Waals surface area contributed by atoms with Crippen LogP contribution >= 0.6 is 0 Å². The summed E-state index contributed by atoms with van der Waals surface area (Å²) < 4.78 is 0. The summed E-state index contributed by atoms with van der Waals surface area (Å²) in [6.07, 6.45) is 6.85. The van der Waals surface area contributed by atoms with E-state index in [1.54, 1.807) is 0 Å². The van der Waals surface area contributed by atoms with E-state index in [0.29, 0.717) is 6.04 Å². The van der Waals surface area contributed by atoms with E-state index >= 15 is 0 Å². The van der Waals surface area contributed by atoms with Crippen molar-refractivity contribution in [3.8, 4) is 0 Å². The van der Waals surface area contributed by atoms with Crippen LogP contribution in [-0.4, -0.2) is 37.1 Å². The van der Waals surface area contributed by atoms with E-state index in [1.807, 2.05) is 0 Å². The average Bonchev–Trinajstić information content (AvgIpc) is 2.39. The van der Waals surface area contributed by atoms with E-state index in [2.05, 4.69) is 45.0 Å². The minimum Gasteiger partial charge on any atom is -0.314 e. The number of nitrogens with one attached hydrogen (secondary N) is 1. The Labute approximate surface area is 115 Å². The molecule has 1 N–H and O–H groups in total. The van der Waals surface area contributed by atoms with Crippen LogP contribution in [0, 0.1) is 11.8 Å². The normalized spacial score (nSPS) is 30.7. The molecule has 0 aromatic rings. The second kappa shape index (κ2) is 8.16. The van der Waals surface area contributed by atoms with Gasteiger partial charge >= 0.3 is 0 Å². The van der Waals surface area contributed by atoms with Crippen molar-refractivity contribution >= 4 is 0 Å². The quantitative estimate of drug-likeness (QED) is 0.748. The minimum absolute atomic E-state index is 0.717. The minimum atomic E-state index is 0.717. The Hall–Kier alpha value is -0.0800. The van der Waals surface area contributed by atoms with Crippen molar-refractivity contribution in [2.75, 3.05) is 20.1 Å². The number of hydrogen-bond acceptors (Lipinski definition) is 2. The molecule has 0 heterocycles. The second-order valence-electron chi connectivity index (χ2n) is 6.21. The smallest absolute Gasteiger partial charge is 0.0108 e. The molecule has 4 unspecified atom stereocenters. The van der Waals surface area contributed by atoms with Gasteiger partial charge in [-0.3, -0.25) is 0 Å². The fraction of sp³-hybridized carbons (Fsp3) is 1.00. The summed E-state index contributed by atoms with van der Waals surface area (Å²) in [4.78, 5) is 2.56. The largest absolute Gasteiger partial charge is 0.314 e. The summed E-state index contributed by atoms with van der Waals surface area (Å²) in [6, 6.07) is 1.47. The highest BCUT2D eigenvalue weighted by molar-refractivity contribution is 4.86. The van der Waals surface area contributed by atoms with Gasteiger partial charge in [-0.1, -0.05) is 27.2 Å². The monoisotopic (exact) mass is 254 g/mol. The Bertz CT molecular complexity index is 217. The van der Waals surface area contributed by atoms with Crippen molar-refractivity contribution in [2.24, 2.45) is 11.8 Å². The van der Waals surface area contributed by atoms with Crippen LogP contribution < -0.4 is 5.32 Å². The zero-order chi connectivity index (χ0) is 13.5. The lowest BCUT2D eigenvalue weighted by Crippen LogP contribution is -2.46. The van der Waals surface area contributed by atoms with Crippen molar-refractivity contribution in [1.82, 2.24) is 10.2 Å². The maximum Gasteiger partial charge on any atom is 0.0108 e. The topological polar surface area (TPSA) is 15.3 Å². The van der Waals surface area contributed by atoms with Crippen molar-refractivity contribution in [3.63, 3.8) is 0 Å². The Balaban J connectivity index is 2.54. The highest BCUT2D eigenvalue weighted by Gasteiger charge is 2.30. The molecular formula is C16H34N2. The molecule has 2 nitrogen and oxygen atoms in total. The van der Waals surface area contributed by atoms with Crippen LogP contribution in [0.2, 0.25) is 0 Å². The Morgan fingerprint density at radius 2 is 1.94 bits per heavy atom. The van der Waals surface area contributed by atoms with Gasteiger partial charge in [0, 0.05) is 18.6 Å². The standard InChI is InChI=1S/C16H34N2/c1-6-13(4)18(5)12-15-11-14(7-2)9-10-16(15)17-8-3/h13-17H,6-12H2,1-5H3. The van der Waals surface area contributed by atoms with E-state index in [0.717, 1.165) is 24.4 Å². The van der Waals surface area contributed by atoms with E-state index in [4.69, 9.17) is 0 Å². The summed E-state index contributed by atoms with van der Waals surface area (Å²) in [5.41, 5.74) is 0. The van der Waals surface area contributed by atoms with Gasteiger partial charge < -0.3 is 10.2 Å². The van der Waals surface area contributed by atoms with Crippen LogP contribution in [0.4, 0.5) is 0 Å². The average molecular weight is 254 g/mol. The second-order valence-corrected chi connectivity index (χ2v) is 6.21. The first-order valence-electron chi connectivity index (χ1n) is 8.05. The van der Waals surface area contributed by atoms with Crippen LogP contribution in [-0.2, 0) is 0 Å². The molecule has 0 radical (unpaired) electrons. The first-order chi connectivity index (χ1) is 8.62. The van der Waals surface area contributed by atoms with Crippen molar-refractivity contribution in [3.05, 3.63) is 0 Å². The molecule has 1 rings (SSSR count). The maximum atomic E-state index is 3.71. The highest BCUT2D eigenvalue weighted by Crippen LogP contribution is 2.32. The first-order valence-corrected chi connectivity index (χ1v) is 8.05. The zero-order valence-corrected chi connectivity index (χ0v) is 13.2. The van der Waals surface area contributed by atoms with Gasteiger partial charge in [0.05, 0.1) is 0 Å². The summed E-state index contributed by atoms with van der Waals surface area (Å²) in [7, 11) is 2.30. The Kier molecular flexibility index (Phi) is 7.25. The Morgan fingerprint density at radius 1 is 1.22 bits per heavy atom. The molecule has 0 amide bonds. The fourth-order valence-corrected chi connectivity index (χ4v) is 3.33. The van der Waals surface area contributed by atoms with Crippen LogP contribution in [0.15, 0.2) is 0 Å². The fourth-order valence-electron chi connectivity index (χ4n) is 3.33. The van der Waals surface area contributed by atoms with Gasteiger partial charge in [0.15, 0.2) is 0 Å². The number of rotatable bonds is 7. The molecule has 0 saturated heterocycles. The predicted octanol–water partition coefficient (Wildman–Crippen LogP) is 3.52. The van der Waals surface area contributed by atoms with Gasteiger partial charge in [-0.2, -0.15) is 0 Å². The lowest BCUT2D eigenvalue weighted by Gasteiger charge is -2.39. The first kappa shape index (κ1) is 16.0. The maximum absolute atomic E-state index is 3.71. The Morgan fingerprint density at radius 3 is 2.50 bits per heavy atom. The summed E-state index contributed by atoms with van der Waals surface area (Å²) >= 11 is 0. The molecule has 4 atom stereocenters. The third-order valence-electron chi connectivity index (χ3n) is 5.00. The van der Waals surface area contributed by atoms with Gasteiger partial charge in [-0.25, -0.2) is 0 Å². The molecule has 1 aliphatic carbocycles. The van der Waals surface area contributed by atoms with Crippen molar-refractivity contribution in [2.45, 2.75) is 71.9 Å². The van der Waals surface area contributed by atoms with Crippen LogP contribution in [0.1, 0.15) is 59.8 Å². The van der Waals surface area contributed by atoms with Crippen LogP contribution in [0.3, 0.4) is 0 Å². The van der Waals surface area contributed by atoms with Crippen LogP contribution in [0.25, 0.3) is 0 Å². The van der Waals surface area contributed by atoms with Crippen molar-refractivity contribution in [1.29, 1.82) is 0 Å². The molecule has 0 aromatic carbocycles. The number of nitrogens with zero attached hydrogens (tertiary/aromatic N) is 1. The molecule has 1 saturated carbocycles. The van der Waals surface area contributed by atoms with E-state index < -0.39 is 0 Å². The van der Waals surface area contributed by atoms with E-state index in [1.165, 1.54) is 38.6 Å². The highest BCUT2D eigenvalue weighted by atomic mass is 15.1. The molecule has 1 aliphatic rings. The third-order valence-corrected chi connectivity index (χ3v) is 5.00. The lowest BCUT2D eigenvalue weighted by atomic mass is 9.76. The molecule has 0 aliphatic heterocycles. The van der Waals surface area contributed by atoms with Crippen LogP contribution in [0.5, 0.6) is 0 Å². The molecule has 0 aromatic heterocycles. The molecular weight excluding hydrogens is 220 g/mol. The molecule has 1 fully saturated rings. The van der Waals surface area contributed by atoms with Gasteiger partial charge in [0.25, 0.3) is 0 Å². The third kappa shape index (κ3) is 4.55. The molecule has 0 bridgehead atoms. The van der Waals surface area contributed by atoms with Crippen molar-refractivity contribution < 1.29 is 0 Å². The number of hydrogen-bond donors (Lipinski definition) is 1. The van der Waals surface area contributed by atoms with E-state index in [9.17, 15) is 0 Å². The predicted molar refractivity (Wildman–Crippen MR) is 81.0 cm³/mol. The van der Waals surface area contributed by atoms with Gasteiger partial charge in [0.2, 0.25) is 0 Å². The SMILES string of the molecule is CCNC1CCC(CC)CC1CN(C)C(C)CC. The van der Waals surface area contributed by atoms with Gasteiger partial charge in [0.1, 0.15) is 0 Å². The summed E-state index contributed by atoms with van der Waals surface area (Å²) in [6.45, 7) is 11.6. The molecule has 0 spiro atoms. The molecule has 18 heavy (non-hydrogen) atoms. The zero-order valence-electron chi connectivity index (χ0n) is 13.2. The molecule has 2 heteroatoms. The van der Waals surface area contributed by atoms with Gasteiger partial charge in [-0.15, -0.1) is 0 Å². The van der Waals surface area contributed by atoms with Gasteiger partial charge in [-0.05, 0) is 58.0 Å². The summed E-state index contributed by atoms with van der Waals surface area (Å²) in [5, 5.41) is 3.71. The molecule has 108 valence electrons.